The Morgan fingerprint density at radius 3 is 2.77 bits per heavy atom. The number of rotatable bonds is 3. The minimum Gasteiger partial charge on any atom is -0.326 e. The van der Waals surface area contributed by atoms with E-state index >= 15 is 0 Å². The third-order valence-corrected chi connectivity index (χ3v) is 4.98. The zero-order valence-electron chi connectivity index (χ0n) is 11.8. The molecule has 0 saturated carbocycles. The first-order valence-corrected chi connectivity index (χ1v) is 8.46. The molecular weight excluding hydrogens is 306 g/mol. The predicted molar refractivity (Wildman–Crippen MR) is 82.1 cm³/mol. The van der Waals surface area contributed by atoms with Gasteiger partial charge < -0.3 is 5.32 Å². The van der Waals surface area contributed by atoms with E-state index in [-0.39, 0.29) is 24.9 Å². The maximum atomic E-state index is 12.3. The Balaban J connectivity index is 1.63. The minimum absolute atomic E-state index is 0.100. The average molecular weight is 323 g/mol. The van der Waals surface area contributed by atoms with Crippen molar-refractivity contribution in [2.75, 3.05) is 18.4 Å². The molecule has 0 spiro atoms. The van der Waals surface area contributed by atoms with Gasteiger partial charge in [0.25, 0.3) is 10.2 Å². The lowest BCUT2D eigenvalue weighted by atomic mass is 9.97. The number of benzene rings is 1. The number of fused-ring (bicyclic) bond motifs is 1. The predicted octanol–water partition coefficient (Wildman–Crippen LogP) is 0.417. The average Bonchev–Trinajstić information content (AvgIpc) is 2.94. The second kappa shape index (κ2) is 5.67. The summed E-state index contributed by atoms with van der Waals surface area (Å²) in [6.07, 6.45) is 2.63. The van der Waals surface area contributed by atoms with Gasteiger partial charge in [-0.25, -0.2) is 5.14 Å². The number of nitrogens with zero attached hydrogens (tertiary/aromatic N) is 2. The molecule has 1 aromatic heterocycles. The molecular formula is C13H17N5O3S. The van der Waals surface area contributed by atoms with Crippen LogP contribution in [0.3, 0.4) is 0 Å². The number of nitrogens with two attached hydrogens (primary N) is 1. The molecule has 2 heterocycles. The number of anilines is 1. The highest BCUT2D eigenvalue weighted by atomic mass is 32.2. The summed E-state index contributed by atoms with van der Waals surface area (Å²) in [6.45, 7) is 0.551. The molecule has 0 atom stereocenters. The number of hydrogen-bond donors (Lipinski definition) is 3. The van der Waals surface area contributed by atoms with Crippen LogP contribution in [0.25, 0.3) is 10.9 Å². The van der Waals surface area contributed by atoms with Crippen LogP contribution in [0, 0.1) is 5.92 Å². The Kier molecular flexibility index (Phi) is 3.85. The van der Waals surface area contributed by atoms with E-state index in [0.29, 0.717) is 18.5 Å². The highest BCUT2D eigenvalue weighted by Crippen LogP contribution is 2.22. The molecule has 118 valence electrons. The summed E-state index contributed by atoms with van der Waals surface area (Å²) >= 11 is 0. The fourth-order valence-corrected chi connectivity index (χ4v) is 3.36. The molecule has 3 rings (SSSR count). The van der Waals surface area contributed by atoms with Crippen LogP contribution < -0.4 is 10.5 Å². The molecule has 4 N–H and O–H groups in total. The van der Waals surface area contributed by atoms with Crippen molar-refractivity contribution in [2.24, 2.45) is 11.1 Å². The van der Waals surface area contributed by atoms with Crippen LogP contribution in [0.5, 0.6) is 0 Å². The number of piperidine rings is 1. The fourth-order valence-electron chi connectivity index (χ4n) is 2.64. The van der Waals surface area contributed by atoms with Gasteiger partial charge in [-0.3, -0.25) is 9.89 Å². The Labute approximate surface area is 127 Å². The summed E-state index contributed by atoms with van der Waals surface area (Å²) in [6, 6.07) is 5.50. The van der Waals surface area contributed by atoms with Crippen molar-refractivity contribution in [2.45, 2.75) is 12.8 Å². The van der Waals surface area contributed by atoms with Gasteiger partial charge in [0.2, 0.25) is 5.91 Å². The molecule has 1 saturated heterocycles. The topological polar surface area (TPSA) is 121 Å². The highest BCUT2D eigenvalue weighted by Gasteiger charge is 2.29. The van der Waals surface area contributed by atoms with Crippen LogP contribution in [0.1, 0.15) is 12.8 Å². The SMILES string of the molecule is NS(=O)(=O)N1CCC(C(=O)Nc2ccc3[nH]ncc3c2)CC1. The van der Waals surface area contributed by atoms with Crippen molar-refractivity contribution in [1.29, 1.82) is 0 Å². The molecule has 8 nitrogen and oxygen atoms in total. The molecule has 9 heteroatoms. The molecule has 0 bridgehead atoms. The molecule has 0 radical (unpaired) electrons. The molecule has 1 aromatic carbocycles. The largest absolute Gasteiger partial charge is 0.326 e. The second-order valence-corrected chi connectivity index (χ2v) is 6.93. The van der Waals surface area contributed by atoms with Crippen molar-refractivity contribution in [3.05, 3.63) is 24.4 Å². The quantitative estimate of drug-likeness (QED) is 0.757. The van der Waals surface area contributed by atoms with Crippen molar-refractivity contribution >= 4 is 32.7 Å². The number of carbonyl (C=O) groups is 1. The Morgan fingerprint density at radius 2 is 2.09 bits per heavy atom. The number of hydrogen-bond acceptors (Lipinski definition) is 4. The van der Waals surface area contributed by atoms with E-state index in [1.807, 2.05) is 12.1 Å². The second-order valence-electron chi connectivity index (χ2n) is 5.38. The Hall–Kier alpha value is -1.97. The van der Waals surface area contributed by atoms with Gasteiger partial charge in [0.05, 0.1) is 11.7 Å². The number of carbonyl (C=O) groups excluding carboxylic acids is 1. The van der Waals surface area contributed by atoms with Crippen LogP contribution in [0.15, 0.2) is 24.4 Å². The summed E-state index contributed by atoms with van der Waals surface area (Å²) in [5.74, 6) is -0.310. The first-order chi connectivity index (χ1) is 10.4. The van der Waals surface area contributed by atoms with Gasteiger partial charge in [-0.1, -0.05) is 0 Å². The molecule has 1 aliphatic rings. The van der Waals surface area contributed by atoms with Crippen LogP contribution in [-0.4, -0.2) is 41.9 Å². The van der Waals surface area contributed by atoms with Crippen LogP contribution in [-0.2, 0) is 15.0 Å². The lowest BCUT2D eigenvalue weighted by molar-refractivity contribution is -0.120. The van der Waals surface area contributed by atoms with Gasteiger partial charge in [0.15, 0.2) is 0 Å². The minimum atomic E-state index is -3.66. The van der Waals surface area contributed by atoms with E-state index in [2.05, 4.69) is 15.5 Å². The third-order valence-electron chi connectivity index (χ3n) is 3.89. The van der Waals surface area contributed by atoms with E-state index in [9.17, 15) is 13.2 Å². The number of H-pyrrole nitrogens is 1. The smallest absolute Gasteiger partial charge is 0.276 e. The number of amides is 1. The van der Waals surface area contributed by atoms with E-state index in [1.54, 1.807) is 12.3 Å². The summed E-state index contributed by atoms with van der Waals surface area (Å²) in [5.41, 5.74) is 1.60. The van der Waals surface area contributed by atoms with E-state index in [0.717, 1.165) is 10.9 Å². The first-order valence-electron chi connectivity index (χ1n) is 6.95. The fraction of sp³-hybridized carbons (Fsp3) is 0.385. The van der Waals surface area contributed by atoms with Crippen molar-refractivity contribution < 1.29 is 13.2 Å². The van der Waals surface area contributed by atoms with Crippen LogP contribution in [0.4, 0.5) is 5.69 Å². The third kappa shape index (κ3) is 3.11. The van der Waals surface area contributed by atoms with Gasteiger partial charge in [0.1, 0.15) is 0 Å². The molecule has 2 aromatic rings. The molecule has 1 amide bonds. The van der Waals surface area contributed by atoms with Crippen LogP contribution in [0.2, 0.25) is 0 Å². The number of aromatic nitrogens is 2. The summed E-state index contributed by atoms with van der Waals surface area (Å²) in [4.78, 5) is 12.3. The normalized spacial score (nSPS) is 17.7. The van der Waals surface area contributed by atoms with Gasteiger partial charge >= 0.3 is 0 Å². The summed E-state index contributed by atoms with van der Waals surface area (Å²) < 4.78 is 23.7. The number of aromatic amines is 1. The highest BCUT2D eigenvalue weighted by molar-refractivity contribution is 7.86. The molecule has 1 fully saturated rings. The Bertz CT molecular complexity index is 793. The lowest BCUT2D eigenvalue weighted by Gasteiger charge is -2.29. The maximum absolute atomic E-state index is 12.3. The first kappa shape index (κ1) is 14.9. The van der Waals surface area contributed by atoms with Crippen LogP contribution >= 0.6 is 0 Å². The van der Waals surface area contributed by atoms with Gasteiger partial charge in [-0.15, -0.1) is 0 Å². The van der Waals surface area contributed by atoms with Gasteiger partial charge in [-0.2, -0.15) is 17.8 Å². The summed E-state index contributed by atoms with van der Waals surface area (Å²) in [5, 5.41) is 15.6. The summed E-state index contributed by atoms with van der Waals surface area (Å²) in [7, 11) is -3.66. The monoisotopic (exact) mass is 323 g/mol. The van der Waals surface area contributed by atoms with Crippen molar-refractivity contribution in [1.82, 2.24) is 14.5 Å². The standard InChI is InChI=1S/C13H17N5O3S/c14-22(20,21)18-5-3-9(4-6-18)13(19)16-11-1-2-12-10(7-11)8-15-17-12/h1-2,7-9H,3-6H2,(H,15,17)(H,16,19)(H2,14,20,21). The van der Waals surface area contributed by atoms with E-state index in [4.69, 9.17) is 5.14 Å². The number of nitrogens with one attached hydrogen (secondary N) is 2. The van der Waals surface area contributed by atoms with E-state index < -0.39 is 10.2 Å². The van der Waals surface area contributed by atoms with Gasteiger partial charge in [-0.05, 0) is 31.0 Å². The van der Waals surface area contributed by atoms with E-state index in [1.165, 1.54) is 4.31 Å². The maximum Gasteiger partial charge on any atom is 0.276 e. The lowest BCUT2D eigenvalue weighted by Crippen LogP contribution is -2.44. The molecule has 1 aliphatic heterocycles. The van der Waals surface area contributed by atoms with Crippen molar-refractivity contribution in [3.63, 3.8) is 0 Å². The Morgan fingerprint density at radius 1 is 1.36 bits per heavy atom. The molecule has 22 heavy (non-hydrogen) atoms. The molecule has 0 aliphatic carbocycles. The van der Waals surface area contributed by atoms with Gasteiger partial charge in [0, 0.05) is 30.1 Å². The zero-order chi connectivity index (χ0) is 15.7. The zero-order valence-corrected chi connectivity index (χ0v) is 12.6. The van der Waals surface area contributed by atoms with Crippen molar-refractivity contribution in [3.8, 4) is 0 Å². The molecule has 0 unspecified atom stereocenters.